The van der Waals surface area contributed by atoms with E-state index in [2.05, 4.69) is 5.32 Å². The Labute approximate surface area is 194 Å². The highest BCUT2D eigenvalue weighted by atomic mass is 16.5. The first-order valence-electron chi connectivity index (χ1n) is 10.8. The van der Waals surface area contributed by atoms with Gasteiger partial charge in [0.15, 0.2) is 0 Å². The number of urea groups is 1. The van der Waals surface area contributed by atoms with E-state index in [1.807, 2.05) is 91.0 Å². The molecular weight excluding hydrogens is 414 g/mol. The second-order valence-corrected chi connectivity index (χ2v) is 7.87. The number of rotatable bonds is 4. The number of carbonyl (C=O) groups is 2. The van der Waals surface area contributed by atoms with Gasteiger partial charge in [-0.2, -0.15) is 0 Å². The number of methoxy groups -OCH3 is 1. The summed E-state index contributed by atoms with van der Waals surface area (Å²) in [5, 5.41) is 2.99. The predicted molar refractivity (Wildman–Crippen MR) is 130 cm³/mol. The summed E-state index contributed by atoms with van der Waals surface area (Å²) in [6.45, 7) is 0.332. The van der Waals surface area contributed by atoms with Crippen molar-refractivity contribution in [3.63, 3.8) is 0 Å². The minimum Gasteiger partial charge on any atom is -0.497 e. The fourth-order valence-corrected chi connectivity index (χ4v) is 3.89. The Bertz CT molecular complexity index is 1140. The molecule has 6 heteroatoms. The maximum Gasteiger partial charge on any atom is 0.322 e. The minimum absolute atomic E-state index is 0.00711. The van der Waals surface area contributed by atoms with Gasteiger partial charge in [-0.3, -0.25) is 4.79 Å². The highest BCUT2D eigenvalue weighted by Crippen LogP contribution is 2.28. The average molecular weight is 442 g/mol. The number of ether oxygens (including phenoxy) is 1. The smallest absolute Gasteiger partial charge is 0.322 e. The molecule has 0 spiro atoms. The van der Waals surface area contributed by atoms with Gasteiger partial charge < -0.3 is 19.9 Å². The number of carbonyl (C=O) groups excluding carboxylic acids is 2. The first-order chi connectivity index (χ1) is 16.1. The Morgan fingerprint density at radius 3 is 2.39 bits per heavy atom. The van der Waals surface area contributed by atoms with Gasteiger partial charge in [0.1, 0.15) is 12.3 Å². The van der Waals surface area contributed by atoms with Crippen LogP contribution < -0.4 is 10.1 Å². The van der Waals surface area contributed by atoms with Gasteiger partial charge in [0.2, 0.25) is 5.91 Å². The van der Waals surface area contributed by atoms with Crippen molar-refractivity contribution in [3.8, 4) is 16.9 Å². The monoisotopic (exact) mass is 441 g/mol. The van der Waals surface area contributed by atoms with Crippen molar-refractivity contribution in [2.24, 2.45) is 0 Å². The molecule has 1 heterocycles. The van der Waals surface area contributed by atoms with Crippen LogP contribution in [0.2, 0.25) is 0 Å². The SMILES string of the molecule is COc1ccc(C2/C=C\CN(C(=O)Nc3ccccc3-c3ccccc3)CC(=O)N2C)cc1. The van der Waals surface area contributed by atoms with Gasteiger partial charge in [-0.1, -0.05) is 72.8 Å². The maximum atomic E-state index is 13.1. The molecule has 1 N–H and O–H groups in total. The Morgan fingerprint density at radius 1 is 0.970 bits per heavy atom. The van der Waals surface area contributed by atoms with Crippen LogP contribution in [0.3, 0.4) is 0 Å². The topological polar surface area (TPSA) is 61.9 Å². The summed E-state index contributed by atoms with van der Waals surface area (Å²) in [5.41, 5.74) is 3.63. The van der Waals surface area contributed by atoms with Crippen molar-refractivity contribution in [2.45, 2.75) is 6.04 Å². The van der Waals surface area contributed by atoms with E-state index in [9.17, 15) is 9.59 Å². The van der Waals surface area contributed by atoms with Crippen LogP contribution in [0.5, 0.6) is 5.75 Å². The third-order valence-electron chi connectivity index (χ3n) is 5.78. The summed E-state index contributed by atoms with van der Waals surface area (Å²) >= 11 is 0. The molecule has 168 valence electrons. The lowest BCUT2D eigenvalue weighted by Gasteiger charge is -2.32. The lowest BCUT2D eigenvalue weighted by atomic mass is 10.0. The largest absolute Gasteiger partial charge is 0.497 e. The zero-order valence-electron chi connectivity index (χ0n) is 18.8. The van der Waals surface area contributed by atoms with E-state index in [1.54, 1.807) is 19.1 Å². The van der Waals surface area contributed by atoms with E-state index >= 15 is 0 Å². The van der Waals surface area contributed by atoms with Crippen molar-refractivity contribution in [3.05, 3.63) is 96.6 Å². The summed E-state index contributed by atoms with van der Waals surface area (Å²) in [6, 6.07) is 24.7. The highest BCUT2D eigenvalue weighted by molar-refractivity contribution is 5.96. The zero-order valence-corrected chi connectivity index (χ0v) is 18.8. The van der Waals surface area contributed by atoms with E-state index < -0.39 is 0 Å². The average Bonchev–Trinajstić information content (AvgIpc) is 2.85. The molecule has 0 fully saturated rings. The van der Waals surface area contributed by atoms with E-state index in [1.165, 1.54) is 4.90 Å². The molecule has 1 aliphatic rings. The molecule has 0 aliphatic carbocycles. The van der Waals surface area contributed by atoms with Crippen LogP contribution in [0, 0.1) is 0 Å². The van der Waals surface area contributed by atoms with E-state index in [0.29, 0.717) is 12.2 Å². The summed E-state index contributed by atoms with van der Waals surface area (Å²) in [6.07, 6.45) is 3.89. The minimum atomic E-state index is -0.312. The van der Waals surface area contributed by atoms with Crippen LogP contribution in [0.25, 0.3) is 11.1 Å². The van der Waals surface area contributed by atoms with Gasteiger partial charge in [0, 0.05) is 19.2 Å². The number of nitrogens with zero attached hydrogens (tertiary/aromatic N) is 2. The molecule has 3 aromatic rings. The van der Waals surface area contributed by atoms with E-state index in [4.69, 9.17) is 4.74 Å². The van der Waals surface area contributed by atoms with Gasteiger partial charge in [-0.25, -0.2) is 4.79 Å². The first kappa shape index (κ1) is 22.1. The Kier molecular flexibility index (Phi) is 6.74. The summed E-state index contributed by atoms with van der Waals surface area (Å²) in [4.78, 5) is 29.2. The van der Waals surface area contributed by atoms with Gasteiger partial charge in [-0.05, 0) is 29.3 Å². The van der Waals surface area contributed by atoms with Gasteiger partial charge in [0.05, 0.1) is 18.8 Å². The first-order valence-corrected chi connectivity index (χ1v) is 10.8. The molecule has 0 radical (unpaired) electrons. The second kappa shape index (κ2) is 10.0. The number of para-hydroxylation sites is 1. The molecule has 0 saturated heterocycles. The molecule has 0 saturated carbocycles. The van der Waals surface area contributed by atoms with Crippen molar-refractivity contribution < 1.29 is 14.3 Å². The quantitative estimate of drug-likeness (QED) is 0.582. The van der Waals surface area contributed by atoms with Crippen LogP contribution in [-0.4, -0.2) is 49.0 Å². The van der Waals surface area contributed by atoms with Gasteiger partial charge >= 0.3 is 6.03 Å². The van der Waals surface area contributed by atoms with Crippen molar-refractivity contribution in [1.82, 2.24) is 9.80 Å². The molecule has 3 amide bonds. The lowest BCUT2D eigenvalue weighted by molar-refractivity contribution is -0.132. The number of benzene rings is 3. The molecule has 3 aromatic carbocycles. The normalized spacial score (nSPS) is 17.2. The Morgan fingerprint density at radius 2 is 1.67 bits per heavy atom. The third kappa shape index (κ3) is 5.06. The van der Waals surface area contributed by atoms with Crippen LogP contribution >= 0.6 is 0 Å². The molecule has 0 aromatic heterocycles. The molecule has 1 atom stereocenters. The molecule has 1 unspecified atom stereocenters. The number of amides is 3. The predicted octanol–water partition coefficient (Wildman–Crippen LogP) is 4.97. The fourth-order valence-electron chi connectivity index (χ4n) is 3.89. The molecule has 1 aliphatic heterocycles. The molecule has 4 rings (SSSR count). The van der Waals surface area contributed by atoms with Crippen LogP contribution in [0.4, 0.5) is 10.5 Å². The van der Waals surface area contributed by atoms with Crippen molar-refractivity contribution in [1.29, 1.82) is 0 Å². The number of hydrogen-bond donors (Lipinski definition) is 1. The number of nitrogens with one attached hydrogen (secondary N) is 1. The van der Waals surface area contributed by atoms with E-state index in [-0.39, 0.29) is 24.5 Å². The fraction of sp³-hybridized carbons (Fsp3) is 0.185. The highest BCUT2D eigenvalue weighted by Gasteiger charge is 2.26. The molecule has 0 bridgehead atoms. The van der Waals surface area contributed by atoms with Gasteiger partial charge in [0.25, 0.3) is 0 Å². The summed E-state index contributed by atoms with van der Waals surface area (Å²) in [5.74, 6) is 0.632. The maximum absolute atomic E-state index is 13.1. The summed E-state index contributed by atoms with van der Waals surface area (Å²) < 4.78 is 5.23. The molecule has 6 nitrogen and oxygen atoms in total. The Balaban J connectivity index is 1.51. The van der Waals surface area contributed by atoms with Crippen molar-refractivity contribution in [2.75, 3.05) is 32.6 Å². The Hall–Kier alpha value is -4.06. The van der Waals surface area contributed by atoms with E-state index in [0.717, 1.165) is 22.4 Å². The number of hydrogen-bond acceptors (Lipinski definition) is 3. The molecular formula is C27H27N3O3. The molecule has 33 heavy (non-hydrogen) atoms. The number of anilines is 1. The van der Waals surface area contributed by atoms with Gasteiger partial charge in [-0.15, -0.1) is 0 Å². The van der Waals surface area contributed by atoms with Crippen LogP contribution in [0.15, 0.2) is 91.0 Å². The standard InChI is InChI=1S/C27H27N3O3/c1-29-25(21-14-16-22(33-2)17-15-21)13-8-18-30(19-26(29)31)27(32)28-24-12-7-6-11-23(24)20-9-4-3-5-10-20/h3-17,25H,18-19H2,1-2H3,(H,28,32)/b13-8-. The summed E-state index contributed by atoms with van der Waals surface area (Å²) in [7, 11) is 3.38. The second-order valence-electron chi connectivity index (χ2n) is 7.87. The lowest BCUT2D eigenvalue weighted by Crippen LogP contribution is -2.45. The van der Waals surface area contributed by atoms with Crippen LogP contribution in [-0.2, 0) is 4.79 Å². The zero-order chi connectivity index (χ0) is 23.2. The van der Waals surface area contributed by atoms with Crippen molar-refractivity contribution >= 4 is 17.6 Å². The third-order valence-corrected chi connectivity index (χ3v) is 5.78. The van der Waals surface area contributed by atoms with Crippen LogP contribution in [0.1, 0.15) is 11.6 Å². The number of likely N-dealkylation sites (N-methyl/N-ethyl adjacent to an activating group) is 1.